The van der Waals surface area contributed by atoms with Crippen LogP contribution in [0.15, 0.2) is 0 Å². The first-order valence-corrected chi connectivity index (χ1v) is 6.65. The molecule has 0 aromatic carbocycles. The quantitative estimate of drug-likeness (QED) is 0.675. The molecule has 1 aliphatic rings. The van der Waals surface area contributed by atoms with E-state index in [0.717, 1.165) is 0 Å². The van der Waals surface area contributed by atoms with E-state index in [1.165, 1.54) is 6.92 Å². The van der Waals surface area contributed by atoms with E-state index < -0.39 is 17.8 Å². The molecule has 2 unspecified atom stereocenters. The van der Waals surface area contributed by atoms with E-state index in [4.69, 9.17) is 10.8 Å². The maximum Gasteiger partial charge on any atom is 0.307 e. The fraction of sp³-hybridized carbons (Fsp3) is 0.769. The summed E-state index contributed by atoms with van der Waals surface area (Å²) in [5, 5.41) is 11.7. The molecule has 0 heterocycles. The Kier molecular flexibility index (Phi) is 5.32. The Hall–Kier alpha value is -1.59. The van der Waals surface area contributed by atoms with Gasteiger partial charge < -0.3 is 16.2 Å². The van der Waals surface area contributed by atoms with Crippen molar-refractivity contribution in [2.75, 3.05) is 0 Å². The van der Waals surface area contributed by atoms with Crippen molar-refractivity contribution in [3.63, 3.8) is 0 Å². The van der Waals surface area contributed by atoms with Gasteiger partial charge in [-0.1, -0.05) is 13.8 Å². The third-order valence-electron chi connectivity index (χ3n) is 4.03. The highest BCUT2D eigenvalue weighted by molar-refractivity contribution is 5.84. The first-order valence-electron chi connectivity index (χ1n) is 6.65. The molecule has 1 aliphatic carbocycles. The van der Waals surface area contributed by atoms with E-state index in [9.17, 15) is 14.4 Å². The number of rotatable bonds is 5. The second kappa shape index (κ2) is 6.54. The van der Waals surface area contributed by atoms with Gasteiger partial charge in [0.05, 0.1) is 5.92 Å². The van der Waals surface area contributed by atoms with Crippen LogP contribution in [0.25, 0.3) is 0 Å². The van der Waals surface area contributed by atoms with Crippen LogP contribution in [0.4, 0.5) is 0 Å². The first-order chi connectivity index (χ1) is 8.82. The monoisotopic (exact) mass is 270 g/mol. The van der Waals surface area contributed by atoms with Crippen LogP contribution in [0, 0.1) is 17.8 Å². The van der Waals surface area contributed by atoms with E-state index in [1.54, 1.807) is 6.92 Å². The number of nitrogens with two attached hydrogens (primary N) is 1. The van der Waals surface area contributed by atoms with Crippen LogP contribution in [-0.2, 0) is 14.4 Å². The Morgan fingerprint density at radius 2 is 1.63 bits per heavy atom. The molecule has 6 heteroatoms. The second-order valence-electron chi connectivity index (χ2n) is 5.38. The summed E-state index contributed by atoms with van der Waals surface area (Å²) in [6, 6.07) is 0.0199. The summed E-state index contributed by atoms with van der Waals surface area (Å²) in [6.07, 6.45) is 2.80. The number of carbonyl (C=O) groups excluding carboxylic acids is 2. The van der Waals surface area contributed by atoms with Crippen molar-refractivity contribution >= 4 is 17.8 Å². The molecule has 1 fully saturated rings. The standard InChI is InChI=1S/C13H22N2O4/c1-7(8(2)13(18)19)12(17)15-10-5-3-9(4-6-10)11(14)16/h7-10H,3-6H2,1-2H3,(H2,14,16)(H,15,17)(H,18,19). The molecule has 1 saturated carbocycles. The van der Waals surface area contributed by atoms with Gasteiger partial charge in [-0.3, -0.25) is 14.4 Å². The largest absolute Gasteiger partial charge is 0.481 e. The van der Waals surface area contributed by atoms with Gasteiger partial charge in [-0.2, -0.15) is 0 Å². The maximum atomic E-state index is 11.9. The average molecular weight is 270 g/mol. The molecule has 0 spiro atoms. The van der Waals surface area contributed by atoms with Gasteiger partial charge >= 0.3 is 5.97 Å². The summed E-state index contributed by atoms with van der Waals surface area (Å²) in [5.74, 6) is -2.85. The summed E-state index contributed by atoms with van der Waals surface area (Å²) >= 11 is 0. The Balaban J connectivity index is 2.42. The molecule has 2 atom stereocenters. The molecule has 1 rings (SSSR count). The summed E-state index contributed by atoms with van der Waals surface area (Å²) in [7, 11) is 0. The predicted molar refractivity (Wildman–Crippen MR) is 69.0 cm³/mol. The molecule has 0 aliphatic heterocycles. The summed E-state index contributed by atoms with van der Waals surface area (Å²) in [5.41, 5.74) is 5.24. The highest BCUT2D eigenvalue weighted by Crippen LogP contribution is 2.24. The van der Waals surface area contributed by atoms with Crippen LogP contribution >= 0.6 is 0 Å². The minimum atomic E-state index is -0.972. The molecule has 0 saturated heterocycles. The zero-order valence-corrected chi connectivity index (χ0v) is 11.4. The van der Waals surface area contributed by atoms with Gasteiger partial charge in [0.15, 0.2) is 0 Å². The van der Waals surface area contributed by atoms with Crippen molar-refractivity contribution in [3.05, 3.63) is 0 Å². The van der Waals surface area contributed by atoms with Crippen LogP contribution in [0.1, 0.15) is 39.5 Å². The Morgan fingerprint density at radius 3 is 2.05 bits per heavy atom. The number of hydrogen-bond acceptors (Lipinski definition) is 3. The smallest absolute Gasteiger partial charge is 0.307 e. The van der Waals surface area contributed by atoms with Crippen LogP contribution in [-0.4, -0.2) is 28.9 Å². The van der Waals surface area contributed by atoms with E-state index in [2.05, 4.69) is 5.32 Å². The van der Waals surface area contributed by atoms with Crippen molar-refractivity contribution in [3.8, 4) is 0 Å². The Morgan fingerprint density at radius 1 is 1.11 bits per heavy atom. The number of carboxylic acids is 1. The molecule has 108 valence electrons. The first kappa shape index (κ1) is 15.5. The minimum absolute atomic E-state index is 0.0199. The highest BCUT2D eigenvalue weighted by atomic mass is 16.4. The van der Waals surface area contributed by atoms with E-state index in [1.807, 2.05) is 0 Å². The van der Waals surface area contributed by atoms with Crippen molar-refractivity contribution in [1.29, 1.82) is 0 Å². The van der Waals surface area contributed by atoms with Gasteiger partial charge in [0, 0.05) is 17.9 Å². The van der Waals surface area contributed by atoms with E-state index >= 15 is 0 Å². The third kappa shape index (κ3) is 4.22. The molecule has 0 aromatic rings. The number of aliphatic carboxylic acids is 1. The molecule has 2 amide bonds. The highest BCUT2D eigenvalue weighted by Gasteiger charge is 2.30. The molecule has 4 N–H and O–H groups in total. The van der Waals surface area contributed by atoms with Gasteiger partial charge in [-0.05, 0) is 25.7 Å². The molecular formula is C13H22N2O4. The lowest BCUT2D eigenvalue weighted by atomic mass is 9.85. The maximum absolute atomic E-state index is 11.9. The molecule has 0 radical (unpaired) electrons. The minimum Gasteiger partial charge on any atom is -0.481 e. The fourth-order valence-corrected chi connectivity index (χ4v) is 2.30. The van der Waals surface area contributed by atoms with Crippen molar-refractivity contribution in [2.45, 2.75) is 45.6 Å². The average Bonchev–Trinajstić information content (AvgIpc) is 2.37. The third-order valence-corrected chi connectivity index (χ3v) is 4.03. The van der Waals surface area contributed by atoms with Crippen molar-refractivity contribution in [1.82, 2.24) is 5.32 Å². The normalized spacial score (nSPS) is 26.2. The lowest BCUT2D eigenvalue weighted by Gasteiger charge is -2.28. The Bertz CT molecular complexity index is 362. The van der Waals surface area contributed by atoms with Gasteiger partial charge in [0.25, 0.3) is 0 Å². The lowest BCUT2D eigenvalue weighted by molar-refractivity contribution is -0.146. The Labute approximate surface area is 112 Å². The topological polar surface area (TPSA) is 109 Å². The second-order valence-corrected chi connectivity index (χ2v) is 5.38. The number of amides is 2. The number of nitrogens with one attached hydrogen (secondary N) is 1. The lowest BCUT2D eigenvalue weighted by Crippen LogP contribution is -2.43. The van der Waals surface area contributed by atoms with E-state index in [-0.39, 0.29) is 23.8 Å². The molecule has 0 aromatic heterocycles. The van der Waals surface area contributed by atoms with E-state index in [0.29, 0.717) is 25.7 Å². The number of carboxylic acid groups (broad SMARTS) is 1. The summed E-state index contributed by atoms with van der Waals surface area (Å²) < 4.78 is 0. The zero-order valence-electron chi connectivity index (χ0n) is 11.4. The van der Waals surface area contributed by atoms with Crippen molar-refractivity contribution < 1.29 is 19.5 Å². The van der Waals surface area contributed by atoms with Crippen LogP contribution in [0.2, 0.25) is 0 Å². The zero-order chi connectivity index (χ0) is 14.6. The molecular weight excluding hydrogens is 248 g/mol. The van der Waals surface area contributed by atoms with Gasteiger partial charge in [-0.25, -0.2) is 0 Å². The fourth-order valence-electron chi connectivity index (χ4n) is 2.30. The van der Waals surface area contributed by atoms with Gasteiger partial charge in [-0.15, -0.1) is 0 Å². The van der Waals surface area contributed by atoms with Crippen LogP contribution < -0.4 is 11.1 Å². The molecule has 0 bridgehead atoms. The number of carbonyl (C=O) groups is 3. The summed E-state index contributed by atoms with van der Waals surface area (Å²) in [4.78, 5) is 33.8. The molecule has 19 heavy (non-hydrogen) atoms. The summed E-state index contributed by atoms with van der Waals surface area (Å²) in [6.45, 7) is 3.14. The van der Waals surface area contributed by atoms with Crippen LogP contribution in [0.5, 0.6) is 0 Å². The van der Waals surface area contributed by atoms with Gasteiger partial charge in [0.1, 0.15) is 0 Å². The molecule has 6 nitrogen and oxygen atoms in total. The van der Waals surface area contributed by atoms with Crippen molar-refractivity contribution in [2.24, 2.45) is 23.5 Å². The number of hydrogen-bond donors (Lipinski definition) is 3. The van der Waals surface area contributed by atoms with Crippen LogP contribution in [0.3, 0.4) is 0 Å². The van der Waals surface area contributed by atoms with Gasteiger partial charge in [0.2, 0.25) is 11.8 Å². The SMILES string of the molecule is CC(C(=O)O)C(C)C(=O)NC1CCC(C(N)=O)CC1. The predicted octanol–water partition coefficient (Wildman–Crippen LogP) is 0.504. The number of primary amides is 1.